The average Bonchev–Trinajstić information content (AvgIpc) is 2.89. The van der Waals surface area contributed by atoms with Crippen molar-refractivity contribution in [3.8, 4) is 5.75 Å². The van der Waals surface area contributed by atoms with Gasteiger partial charge in [0.2, 0.25) is 0 Å². The van der Waals surface area contributed by atoms with Gasteiger partial charge in [0.05, 0.1) is 38.9 Å². The molecule has 1 atom stereocenters. The van der Waals surface area contributed by atoms with Gasteiger partial charge in [-0.3, -0.25) is 0 Å². The minimum Gasteiger partial charge on any atom is -0.497 e. The predicted molar refractivity (Wildman–Crippen MR) is 133 cm³/mol. The molecule has 1 N–H and O–H groups in total. The van der Waals surface area contributed by atoms with Gasteiger partial charge in [-0.15, -0.1) is 0 Å². The molecule has 0 saturated carbocycles. The molecule has 3 aromatic rings. The van der Waals surface area contributed by atoms with E-state index in [4.69, 9.17) is 14.5 Å². The molecule has 0 aliphatic carbocycles. The highest BCUT2D eigenvalue weighted by Crippen LogP contribution is 2.32. The number of guanidine groups is 1. The summed E-state index contributed by atoms with van der Waals surface area (Å²) in [5.74, 6) is 1.16. The van der Waals surface area contributed by atoms with Gasteiger partial charge >= 0.3 is 5.97 Å². The topological polar surface area (TPSA) is 63.2 Å². The van der Waals surface area contributed by atoms with Crippen LogP contribution in [0, 0.1) is 0 Å². The zero-order valence-electron chi connectivity index (χ0n) is 19.7. The summed E-state index contributed by atoms with van der Waals surface area (Å²) in [6, 6.07) is 27.5. The van der Waals surface area contributed by atoms with Crippen LogP contribution >= 0.6 is 0 Å². The van der Waals surface area contributed by atoms with E-state index in [0.717, 1.165) is 28.1 Å². The van der Waals surface area contributed by atoms with Crippen molar-refractivity contribution in [1.82, 2.24) is 10.2 Å². The van der Waals surface area contributed by atoms with Gasteiger partial charge in [0, 0.05) is 5.70 Å². The summed E-state index contributed by atoms with van der Waals surface area (Å²) in [5.41, 5.74) is 4.54. The van der Waals surface area contributed by atoms with Crippen LogP contribution in [-0.4, -0.2) is 31.0 Å². The number of aliphatic imine (C=N–C) groups is 1. The van der Waals surface area contributed by atoms with E-state index < -0.39 is 0 Å². The second kappa shape index (κ2) is 10.7. The van der Waals surface area contributed by atoms with Gasteiger partial charge in [-0.25, -0.2) is 9.79 Å². The van der Waals surface area contributed by atoms with Crippen molar-refractivity contribution < 1.29 is 14.3 Å². The highest BCUT2D eigenvalue weighted by Gasteiger charge is 2.35. The average molecular weight is 456 g/mol. The fraction of sp³-hybridized carbons (Fsp3) is 0.214. The number of ether oxygens (including phenoxy) is 2. The Bertz CT molecular complexity index is 1170. The van der Waals surface area contributed by atoms with Crippen LogP contribution in [0.2, 0.25) is 0 Å². The molecule has 0 spiro atoms. The Hall–Kier alpha value is -4.06. The molecular weight excluding hydrogens is 426 g/mol. The predicted octanol–water partition coefficient (Wildman–Crippen LogP) is 4.84. The van der Waals surface area contributed by atoms with Gasteiger partial charge in [-0.1, -0.05) is 72.8 Å². The Kier molecular flexibility index (Phi) is 7.28. The Morgan fingerprint density at radius 2 is 1.56 bits per heavy atom. The zero-order valence-corrected chi connectivity index (χ0v) is 19.7. The van der Waals surface area contributed by atoms with Gasteiger partial charge in [0.25, 0.3) is 0 Å². The molecular formula is C28H29N3O3. The second-order valence-corrected chi connectivity index (χ2v) is 8.04. The standard InChI is InChI=1S/C28H29N3O3/c1-20-25(27(32)34-3)26(23-12-8-5-9-13-23)30-28(31(20)19-22-10-6-4-7-11-22)29-18-21-14-16-24(33-2)17-15-21/h4-17,26H,18-19H2,1-3H3,(H,29,30)/t26-/m0/s1. The fourth-order valence-electron chi connectivity index (χ4n) is 4.05. The Balaban J connectivity index is 1.76. The van der Waals surface area contributed by atoms with E-state index >= 15 is 0 Å². The van der Waals surface area contributed by atoms with Crippen molar-refractivity contribution in [3.63, 3.8) is 0 Å². The molecule has 34 heavy (non-hydrogen) atoms. The van der Waals surface area contributed by atoms with Crippen molar-refractivity contribution in [2.75, 3.05) is 14.2 Å². The van der Waals surface area contributed by atoms with E-state index in [1.165, 1.54) is 7.11 Å². The largest absolute Gasteiger partial charge is 0.497 e. The molecule has 174 valence electrons. The van der Waals surface area contributed by atoms with Crippen molar-refractivity contribution in [3.05, 3.63) is 113 Å². The molecule has 1 heterocycles. The summed E-state index contributed by atoms with van der Waals surface area (Å²) >= 11 is 0. The molecule has 6 heteroatoms. The first-order valence-corrected chi connectivity index (χ1v) is 11.2. The van der Waals surface area contributed by atoms with Gasteiger partial charge in [0.15, 0.2) is 5.96 Å². The van der Waals surface area contributed by atoms with Crippen LogP contribution in [-0.2, 0) is 22.6 Å². The third-order valence-corrected chi connectivity index (χ3v) is 5.90. The highest BCUT2D eigenvalue weighted by atomic mass is 16.5. The van der Waals surface area contributed by atoms with Crippen LogP contribution in [0.4, 0.5) is 0 Å². The van der Waals surface area contributed by atoms with Gasteiger partial charge in [0.1, 0.15) is 5.75 Å². The summed E-state index contributed by atoms with van der Waals surface area (Å²) in [6.45, 7) is 3.01. The zero-order chi connectivity index (χ0) is 23.9. The first-order chi connectivity index (χ1) is 16.6. The first kappa shape index (κ1) is 23.1. The molecule has 0 fully saturated rings. The molecule has 4 rings (SSSR count). The monoisotopic (exact) mass is 455 g/mol. The van der Waals surface area contributed by atoms with Crippen molar-refractivity contribution in [2.24, 2.45) is 4.99 Å². The lowest BCUT2D eigenvalue weighted by Gasteiger charge is -2.38. The van der Waals surface area contributed by atoms with Crippen LogP contribution < -0.4 is 10.1 Å². The van der Waals surface area contributed by atoms with Crippen LogP contribution in [0.3, 0.4) is 0 Å². The third-order valence-electron chi connectivity index (χ3n) is 5.90. The maximum absolute atomic E-state index is 12.9. The van der Waals surface area contributed by atoms with Crippen molar-refractivity contribution in [1.29, 1.82) is 0 Å². The highest BCUT2D eigenvalue weighted by molar-refractivity contribution is 5.96. The number of methoxy groups -OCH3 is 2. The van der Waals surface area contributed by atoms with E-state index in [-0.39, 0.29) is 12.0 Å². The SMILES string of the molecule is COC(=O)C1=C(C)N(Cc2ccccc2)C(=NCc2ccc(OC)cc2)N[C@H]1c1ccccc1. The number of esters is 1. The quantitative estimate of drug-likeness (QED) is 0.516. The molecule has 3 aromatic carbocycles. The lowest BCUT2D eigenvalue weighted by Crippen LogP contribution is -2.48. The first-order valence-electron chi connectivity index (χ1n) is 11.2. The number of benzene rings is 3. The third kappa shape index (κ3) is 5.12. The second-order valence-electron chi connectivity index (χ2n) is 8.04. The number of carbonyl (C=O) groups excluding carboxylic acids is 1. The summed E-state index contributed by atoms with van der Waals surface area (Å²) < 4.78 is 10.4. The molecule has 0 aromatic heterocycles. The van der Waals surface area contributed by atoms with E-state index in [1.54, 1.807) is 7.11 Å². The van der Waals surface area contributed by atoms with Crippen molar-refractivity contribution in [2.45, 2.75) is 26.1 Å². The number of nitrogens with one attached hydrogen (secondary N) is 1. The fourth-order valence-corrected chi connectivity index (χ4v) is 4.05. The van der Waals surface area contributed by atoms with Gasteiger partial charge in [-0.05, 0) is 35.7 Å². The van der Waals surface area contributed by atoms with E-state index in [9.17, 15) is 4.79 Å². The van der Waals surface area contributed by atoms with Crippen LogP contribution in [0.5, 0.6) is 5.75 Å². The molecule has 0 radical (unpaired) electrons. The molecule has 1 aliphatic rings. The number of rotatable bonds is 7. The molecule has 0 bridgehead atoms. The molecule has 6 nitrogen and oxygen atoms in total. The Labute approximate surface area is 200 Å². The number of allylic oxidation sites excluding steroid dienone is 1. The number of hydrogen-bond donors (Lipinski definition) is 1. The van der Waals surface area contributed by atoms with Crippen LogP contribution in [0.1, 0.15) is 29.7 Å². The summed E-state index contributed by atoms with van der Waals surface area (Å²) in [7, 11) is 3.07. The number of carbonyl (C=O) groups is 1. The molecule has 0 amide bonds. The smallest absolute Gasteiger partial charge is 0.337 e. The number of hydrogen-bond acceptors (Lipinski definition) is 4. The van der Waals surface area contributed by atoms with Gasteiger partial charge in [-0.2, -0.15) is 0 Å². The Morgan fingerprint density at radius 1 is 0.912 bits per heavy atom. The van der Waals surface area contributed by atoms with Crippen molar-refractivity contribution >= 4 is 11.9 Å². The minimum atomic E-state index is -0.365. The normalized spacial score (nSPS) is 16.9. The minimum absolute atomic E-state index is 0.355. The maximum Gasteiger partial charge on any atom is 0.337 e. The lowest BCUT2D eigenvalue weighted by molar-refractivity contribution is -0.136. The molecule has 1 aliphatic heterocycles. The van der Waals surface area contributed by atoms with Gasteiger partial charge < -0.3 is 19.7 Å². The number of nitrogens with zero attached hydrogens (tertiary/aromatic N) is 2. The van der Waals surface area contributed by atoms with E-state index in [0.29, 0.717) is 24.6 Å². The van der Waals surface area contributed by atoms with E-state index in [2.05, 4.69) is 17.4 Å². The summed E-state index contributed by atoms with van der Waals surface area (Å²) in [6.07, 6.45) is 0. The lowest BCUT2D eigenvalue weighted by atomic mass is 9.94. The van der Waals surface area contributed by atoms with Crippen LogP contribution in [0.25, 0.3) is 0 Å². The molecule has 0 unspecified atom stereocenters. The summed E-state index contributed by atoms with van der Waals surface area (Å²) in [5, 5.41) is 3.52. The van der Waals surface area contributed by atoms with Crippen LogP contribution in [0.15, 0.2) is 101 Å². The maximum atomic E-state index is 12.9. The van der Waals surface area contributed by atoms with E-state index in [1.807, 2.05) is 84.6 Å². The summed E-state index contributed by atoms with van der Waals surface area (Å²) in [4.78, 5) is 19.9. The molecule has 0 saturated heterocycles. The Morgan fingerprint density at radius 3 is 2.18 bits per heavy atom.